The molecule has 0 spiro atoms. The van der Waals surface area contributed by atoms with Crippen LogP contribution in [0, 0.1) is 5.82 Å². The lowest BCUT2D eigenvalue weighted by Crippen LogP contribution is -2.07. The van der Waals surface area contributed by atoms with Gasteiger partial charge in [0.25, 0.3) is 0 Å². The van der Waals surface area contributed by atoms with Gasteiger partial charge in [-0.15, -0.1) is 0 Å². The molecule has 0 radical (unpaired) electrons. The molecule has 1 atom stereocenters. The average molecular weight is 230 g/mol. The molecule has 0 saturated carbocycles. The third-order valence-corrected chi connectivity index (χ3v) is 2.95. The summed E-state index contributed by atoms with van der Waals surface area (Å²) in [6, 6.07) is 5.96. The molecule has 1 rings (SSSR count). The van der Waals surface area contributed by atoms with Crippen molar-refractivity contribution in [2.45, 2.75) is 12.2 Å². The van der Waals surface area contributed by atoms with Crippen molar-refractivity contribution in [3.8, 4) is 5.75 Å². The first-order chi connectivity index (χ1) is 7.22. The molecule has 15 heavy (non-hydrogen) atoms. The number of thioether (sulfide) groups is 1. The summed E-state index contributed by atoms with van der Waals surface area (Å²) in [7, 11) is 0. The van der Waals surface area contributed by atoms with E-state index >= 15 is 0 Å². The molecular formula is C11H15FO2S. The van der Waals surface area contributed by atoms with Gasteiger partial charge < -0.3 is 9.84 Å². The number of hydrogen-bond donors (Lipinski definition) is 1. The highest BCUT2D eigenvalue weighted by Crippen LogP contribution is 2.13. The van der Waals surface area contributed by atoms with E-state index < -0.39 is 0 Å². The summed E-state index contributed by atoms with van der Waals surface area (Å²) in [5, 5.41) is 9.02. The minimum Gasteiger partial charge on any atom is -0.493 e. The van der Waals surface area contributed by atoms with Gasteiger partial charge in [0.05, 0.1) is 13.2 Å². The number of ether oxygens (including phenoxy) is 1. The topological polar surface area (TPSA) is 29.5 Å². The Labute approximate surface area is 93.5 Å². The Balaban J connectivity index is 2.17. The second kappa shape index (κ2) is 6.69. The standard InChI is InChI=1S/C11H15FO2S/c1-9(8-13)15-7-6-14-11-4-2-10(12)3-5-11/h2-5,9,13H,6-8H2,1H3. The van der Waals surface area contributed by atoms with Gasteiger partial charge in [0.15, 0.2) is 0 Å². The number of aliphatic hydroxyl groups is 1. The fraction of sp³-hybridized carbons (Fsp3) is 0.455. The molecule has 0 heterocycles. The minimum atomic E-state index is -0.259. The Hall–Kier alpha value is -0.740. The van der Waals surface area contributed by atoms with Crippen LogP contribution in [-0.4, -0.2) is 29.3 Å². The van der Waals surface area contributed by atoms with Crippen LogP contribution in [0.3, 0.4) is 0 Å². The van der Waals surface area contributed by atoms with Gasteiger partial charge in [-0.3, -0.25) is 0 Å². The molecule has 4 heteroatoms. The van der Waals surface area contributed by atoms with E-state index in [1.54, 1.807) is 23.9 Å². The Kier molecular flexibility index (Phi) is 5.50. The molecule has 0 aromatic heterocycles. The first-order valence-corrected chi connectivity index (χ1v) is 5.88. The van der Waals surface area contributed by atoms with Crippen LogP contribution in [0.15, 0.2) is 24.3 Å². The summed E-state index contributed by atoms with van der Waals surface area (Å²) in [5.41, 5.74) is 0. The molecule has 1 aromatic rings. The molecule has 0 aliphatic heterocycles. The molecular weight excluding hydrogens is 215 g/mol. The molecule has 0 aliphatic carbocycles. The first kappa shape index (κ1) is 12.3. The summed E-state index contributed by atoms with van der Waals surface area (Å²) in [4.78, 5) is 0. The molecule has 1 N–H and O–H groups in total. The van der Waals surface area contributed by atoms with Gasteiger partial charge >= 0.3 is 0 Å². The summed E-state index contributed by atoms with van der Waals surface area (Å²) >= 11 is 1.65. The molecule has 1 unspecified atom stereocenters. The van der Waals surface area contributed by atoms with E-state index in [4.69, 9.17) is 9.84 Å². The van der Waals surface area contributed by atoms with Crippen molar-refractivity contribution >= 4 is 11.8 Å². The predicted molar refractivity (Wildman–Crippen MR) is 60.9 cm³/mol. The number of hydrogen-bond acceptors (Lipinski definition) is 3. The summed E-state index contributed by atoms with van der Waals surface area (Å²) < 4.78 is 17.9. The first-order valence-electron chi connectivity index (χ1n) is 4.83. The molecule has 0 bridgehead atoms. The zero-order valence-electron chi connectivity index (χ0n) is 8.65. The van der Waals surface area contributed by atoms with Crippen molar-refractivity contribution in [3.63, 3.8) is 0 Å². The SMILES string of the molecule is CC(CO)SCCOc1ccc(F)cc1. The van der Waals surface area contributed by atoms with Gasteiger partial charge in [-0.2, -0.15) is 11.8 Å². The maximum absolute atomic E-state index is 12.5. The van der Waals surface area contributed by atoms with E-state index in [2.05, 4.69) is 0 Å². The van der Waals surface area contributed by atoms with Crippen LogP contribution < -0.4 is 4.74 Å². The number of benzene rings is 1. The normalized spacial score (nSPS) is 12.5. The fourth-order valence-electron chi connectivity index (χ4n) is 0.992. The maximum atomic E-state index is 12.5. The molecule has 84 valence electrons. The van der Waals surface area contributed by atoms with Crippen molar-refractivity contribution in [1.29, 1.82) is 0 Å². The Bertz CT molecular complexity index is 276. The van der Waals surface area contributed by atoms with E-state index in [0.29, 0.717) is 12.4 Å². The molecule has 2 nitrogen and oxygen atoms in total. The molecule has 0 amide bonds. The average Bonchev–Trinajstić information content (AvgIpc) is 2.26. The van der Waals surface area contributed by atoms with Crippen molar-refractivity contribution < 1.29 is 14.2 Å². The van der Waals surface area contributed by atoms with Crippen LogP contribution in [0.2, 0.25) is 0 Å². The van der Waals surface area contributed by atoms with Crippen molar-refractivity contribution in [2.75, 3.05) is 19.0 Å². The van der Waals surface area contributed by atoms with Crippen molar-refractivity contribution in [2.24, 2.45) is 0 Å². The third-order valence-electron chi connectivity index (χ3n) is 1.83. The highest BCUT2D eigenvalue weighted by molar-refractivity contribution is 7.99. The van der Waals surface area contributed by atoms with Gasteiger partial charge in [0.2, 0.25) is 0 Å². The lowest BCUT2D eigenvalue weighted by molar-refractivity contribution is 0.299. The Morgan fingerprint density at radius 2 is 2.07 bits per heavy atom. The van der Waals surface area contributed by atoms with Gasteiger partial charge in [-0.25, -0.2) is 4.39 Å². The van der Waals surface area contributed by atoms with Crippen LogP contribution >= 0.6 is 11.8 Å². The molecule has 0 fully saturated rings. The van der Waals surface area contributed by atoms with Gasteiger partial charge in [0, 0.05) is 11.0 Å². The lowest BCUT2D eigenvalue weighted by Gasteiger charge is -2.08. The van der Waals surface area contributed by atoms with Crippen LogP contribution in [0.25, 0.3) is 0 Å². The van der Waals surface area contributed by atoms with E-state index in [-0.39, 0.29) is 17.7 Å². The second-order valence-corrected chi connectivity index (χ2v) is 4.71. The summed E-state index contributed by atoms with van der Waals surface area (Å²) in [6.07, 6.45) is 0. The van der Waals surface area contributed by atoms with Crippen molar-refractivity contribution in [3.05, 3.63) is 30.1 Å². The quantitative estimate of drug-likeness (QED) is 0.760. The van der Waals surface area contributed by atoms with Crippen LogP contribution in [0.4, 0.5) is 4.39 Å². The van der Waals surface area contributed by atoms with Gasteiger partial charge in [-0.1, -0.05) is 6.92 Å². The zero-order valence-corrected chi connectivity index (χ0v) is 9.47. The number of rotatable bonds is 6. The van der Waals surface area contributed by atoms with Gasteiger partial charge in [-0.05, 0) is 24.3 Å². The smallest absolute Gasteiger partial charge is 0.123 e. The summed E-state index contributed by atoms with van der Waals surface area (Å²) in [6.45, 7) is 2.71. The zero-order chi connectivity index (χ0) is 11.1. The lowest BCUT2D eigenvalue weighted by atomic mass is 10.3. The second-order valence-electron chi connectivity index (χ2n) is 3.17. The molecule has 1 aromatic carbocycles. The largest absolute Gasteiger partial charge is 0.493 e. The fourth-order valence-corrected chi connectivity index (χ4v) is 1.68. The Morgan fingerprint density at radius 1 is 1.40 bits per heavy atom. The van der Waals surface area contributed by atoms with E-state index in [1.807, 2.05) is 6.92 Å². The highest BCUT2D eigenvalue weighted by atomic mass is 32.2. The molecule has 0 aliphatic rings. The highest BCUT2D eigenvalue weighted by Gasteiger charge is 2.00. The third kappa shape index (κ3) is 5.04. The monoisotopic (exact) mass is 230 g/mol. The van der Waals surface area contributed by atoms with Crippen LogP contribution in [0.1, 0.15) is 6.92 Å². The van der Waals surface area contributed by atoms with E-state index in [1.165, 1.54) is 12.1 Å². The minimum absolute atomic E-state index is 0.182. The Morgan fingerprint density at radius 3 is 2.67 bits per heavy atom. The number of aliphatic hydroxyl groups excluding tert-OH is 1. The number of halogens is 1. The van der Waals surface area contributed by atoms with E-state index in [0.717, 1.165) is 5.75 Å². The van der Waals surface area contributed by atoms with Crippen molar-refractivity contribution in [1.82, 2.24) is 0 Å². The molecule has 0 saturated heterocycles. The predicted octanol–water partition coefficient (Wildman–Crippen LogP) is 2.32. The van der Waals surface area contributed by atoms with Crippen LogP contribution in [0.5, 0.6) is 5.75 Å². The van der Waals surface area contributed by atoms with E-state index in [9.17, 15) is 4.39 Å². The maximum Gasteiger partial charge on any atom is 0.123 e. The van der Waals surface area contributed by atoms with Gasteiger partial charge in [0.1, 0.15) is 11.6 Å². The van der Waals surface area contributed by atoms with Crippen LogP contribution in [-0.2, 0) is 0 Å². The summed E-state index contributed by atoms with van der Waals surface area (Å²) in [5.74, 6) is 1.23.